The molecule has 116 valence electrons. The predicted octanol–water partition coefficient (Wildman–Crippen LogP) is 2.54. The Balaban J connectivity index is 1.83. The maximum absolute atomic E-state index is 12.8. The molecule has 0 bridgehead atoms. The lowest BCUT2D eigenvalue weighted by Crippen LogP contribution is -2.40. The van der Waals surface area contributed by atoms with Crippen LogP contribution in [-0.2, 0) is 0 Å². The van der Waals surface area contributed by atoms with Crippen LogP contribution in [0.2, 0.25) is 5.02 Å². The van der Waals surface area contributed by atoms with E-state index in [4.69, 9.17) is 17.3 Å². The Morgan fingerprint density at radius 2 is 2.09 bits per heavy atom. The molecule has 22 heavy (non-hydrogen) atoms. The van der Waals surface area contributed by atoms with Gasteiger partial charge in [-0.1, -0.05) is 29.8 Å². The summed E-state index contributed by atoms with van der Waals surface area (Å²) in [5.41, 5.74) is 7.74. The van der Waals surface area contributed by atoms with Crippen molar-refractivity contribution in [2.45, 2.75) is 12.8 Å². The standard InChI is InChI=1S/C16H19ClN4O/c17-14-4-2-1-3-12(14)15-13(10-19-20-15)16(22)21-7-5-11(9-18)6-8-21/h1-4,10-11H,5-9,18H2,(H,19,20). The number of carbonyl (C=O) groups excluding carboxylic acids is 1. The molecule has 1 aromatic carbocycles. The molecular weight excluding hydrogens is 300 g/mol. The van der Waals surface area contributed by atoms with Gasteiger partial charge in [-0.25, -0.2) is 0 Å². The molecule has 0 radical (unpaired) electrons. The molecule has 0 unspecified atom stereocenters. The zero-order chi connectivity index (χ0) is 15.5. The molecule has 5 nitrogen and oxygen atoms in total. The number of rotatable bonds is 3. The molecule has 0 atom stereocenters. The van der Waals surface area contributed by atoms with Crippen molar-refractivity contribution in [1.82, 2.24) is 15.1 Å². The minimum absolute atomic E-state index is 0.000795. The van der Waals surface area contributed by atoms with E-state index in [-0.39, 0.29) is 5.91 Å². The van der Waals surface area contributed by atoms with Gasteiger partial charge in [0.05, 0.1) is 17.5 Å². The predicted molar refractivity (Wildman–Crippen MR) is 86.7 cm³/mol. The van der Waals surface area contributed by atoms with Crippen LogP contribution in [0, 0.1) is 5.92 Å². The maximum atomic E-state index is 12.8. The number of nitrogens with zero attached hydrogens (tertiary/aromatic N) is 2. The van der Waals surface area contributed by atoms with Crippen molar-refractivity contribution < 1.29 is 4.79 Å². The summed E-state index contributed by atoms with van der Waals surface area (Å²) in [5, 5.41) is 7.54. The Kier molecular flexibility index (Phi) is 4.45. The number of carbonyl (C=O) groups is 1. The van der Waals surface area contributed by atoms with Crippen molar-refractivity contribution >= 4 is 17.5 Å². The lowest BCUT2D eigenvalue weighted by Gasteiger charge is -2.31. The second-order valence-corrected chi connectivity index (χ2v) is 6.02. The van der Waals surface area contributed by atoms with Gasteiger partial charge in [0, 0.05) is 23.7 Å². The Morgan fingerprint density at radius 3 is 2.77 bits per heavy atom. The second-order valence-electron chi connectivity index (χ2n) is 5.61. The van der Waals surface area contributed by atoms with Gasteiger partial charge in [0.1, 0.15) is 0 Å². The molecule has 2 aromatic rings. The van der Waals surface area contributed by atoms with Gasteiger partial charge in [-0.05, 0) is 31.4 Å². The molecule has 2 heterocycles. The van der Waals surface area contributed by atoms with Crippen LogP contribution in [0.15, 0.2) is 30.5 Å². The fraction of sp³-hybridized carbons (Fsp3) is 0.375. The second kappa shape index (κ2) is 6.50. The highest BCUT2D eigenvalue weighted by molar-refractivity contribution is 6.33. The number of nitrogens with two attached hydrogens (primary N) is 1. The van der Waals surface area contributed by atoms with Crippen LogP contribution >= 0.6 is 11.6 Å². The van der Waals surface area contributed by atoms with Crippen molar-refractivity contribution in [3.63, 3.8) is 0 Å². The summed E-state index contributed by atoms with van der Waals surface area (Å²) < 4.78 is 0. The molecule has 1 fully saturated rings. The number of hydrogen-bond donors (Lipinski definition) is 2. The topological polar surface area (TPSA) is 75.0 Å². The zero-order valence-corrected chi connectivity index (χ0v) is 13.0. The van der Waals surface area contributed by atoms with Gasteiger partial charge in [-0.3, -0.25) is 9.89 Å². The molecule has 1 aliphatic heterocycles. The minimum Gasteiger partial charge on any atom is -0.339 e. The highest BCUT2D eigenvalue weighted by Crippen LogP contribution is 2.29. The summed E-state index contributed by atoms with van der Waals surface area (Å²) in [6, 6.07) is 7.44. The molecule has 3 N–H and O–H groups in total. The quantitative estimate of drug-likeness (QED) is 0.913. The normalized spacial score (nSPS) is 16.0. The van der Waals surface area contributed by atoms with E-state index in [1.54, 1.807) is 12.3 Å². The summed E-state index contributed by atoms with van der Waals surface area (Å²) in [6.45, 7) is 2.18. The van der Waals surface area contributed by atoms with E-state index < -0.39 is 0 Å². The maximum Gasteiger partial charge on any atom is 0.257 e. The van der Waals surface area contributed by atoms with E-state index >= 15 is 0 Å². The van der Waals surface area contributed by atoms with E-state index in [0.717, 1.165) is 31.5 Å². The van der Waals surface area contributed by atoms with Gasteiger partial charge >= 0.3 is 0 Å². The number of H-pyrrole nitrogens is 1. The largest absolute Gasteiger partial charge is 0.339 e. The molecule has 1 aromatic heterocycles. The molecule has 6 heteroatoms. The summed E-state index contributed by atoms with van der Waals surface area (Å²) in [6.07, 6.45) is 3.50. The third-order valence-electron chi connectivity index (χ3n) is 4.25. The molecule has 3 rings (SSSR count). The van der Waals surface area contributed by atoms with Crippen LogP contribution < -0.4 is 5.73 Å². The molecule has 1 amide bonds. The number of nitrogens with one attached hydrogen (secondary N) is 1. The van der Waals surface area contributed by atoms with E-state index in [1.165, 1.54) is 0 Å². The Hall–Kier alpha value is -1.85. The number of piperidine rings is 1. The molecule has 0 saturated carbocycles. The Morgan fingerprint density at radius 1 is 1.36 bits per heavy atom. The molecule has 0 aliphatic carbocycles. The molecule has 1 aliphatic rings. The first-order chi connectivity index (χ1) is 10.7. The van der Waals surface area contributed by atoms with Gasteiger partial charge in [0.2, 0.25) is 0 Å². The van der Waals surface area contributed by atoms with Gasteiger partial charge < -0.3 is 10.6 Å². The van der Waals surface area contributed by atoms with Crippen LogP contribution in [0.1, 0.15) is 23.2 Å². The van der Waals surface area contributed by atoms with Crippen LogP contribution in [0.5, 0.6) is 0 Å². The van der Waals surface area contributed by atoms with Crippen molar-refractivity contribution in [1.29, 1.82) is 0 Å². The van der Waals surface area contributed by atoms with Crippen LogP contribution in [0.3, 0.4) is 0 Å². The third kappa shape index (κ3) is 2.87. The monoisotopic (exact) mass is 318 g/mol. The number of amides is 1. The van der Waals surface area contributed by atoms with Crippen molar-refractivity contribution in [2.24, 2.45) is 11.7 Å². The first kappa shape index (κ1) is 15.1. The SMILES string of the molecule is NCC1CCN(C(=O)c2cn[nH]c2-c2ccccc2Cl)CC1. The number of halogens is 1. The van der Waals surface area contributed by atoms with Crippen molar-refractivity contribution in [2.75, 3.05) is 19.6 Å². The van der Waals surface area contributed by atoms with E-state index in [0.29, 0.717) is 28.7 Å². The first-order valence-corrected chi connectivity index (χ1v) is 7.86. The van der Waals surface area contributed by atoms with Gasteiger partial charge in [0.15, 0.2) is 0 Å². The average Bonchev–Trinajstić information content (AvgIpc) is 3.04. The summed E-state index contributed by atoms with van der Waals surface area (Å²) in [7, 11) is 0. The van der Waals surface area contributed by atoms with Crippen LogP contribution in [0.25, 0.3) is 11.3 Å². The van der Waals surface area contributed by atoms with E-state index in [9.17, 15) is 4.79 Å². The summed E-state index contributed by atoms with van der Waals surface area (Å²) in [4.78, 5) is 14.6. The van der Waals surface area contributed by atoms with E-state index in [1.807, 2.05) is 23.1 Å². The smallest absolute Gasteiger partial charge is 0.257 e. The van der Waals surface area contributed by atoms with E-state index in [2.05, 4.69) is 10.2 Å². The lowest BCUT2D eigenvalue weighted by atomic mass is 9.96. The first-order valence-electron chi connectivity index (χ1n) is 7.48. The van der Waals surface area contributed by atoms with Crippen LogP contribution in [0.4, 0.5) is 0 Å². The zero-order valence-electron chi connectivity index (χ0n) is 12.3. The van der Waals surface area contributed by atoms with Crippen LogP contribution in [-0.4, -0.2) is 40.6 Å². The fourth-order valence-corrected chi connectivity index (χ4v) is 3.09. The number of hydrogen-bond acceptors (Lipinski definition) is 3. The Bertz CT molecular complexity index is 662. The van der Waals surface area contributed by atoms with Gasteiger partial charge in [0.25, 0.3) is 5.91 Å². The number of benzene rings is 1. The highest BCUT2D eigenvalue weighted by atomic mass is 35.5. The van der Waals surface area contributed by atoms with Crippen molar-refractivity contribution in [3.05, 3.63) is 41.0 Å². The average molecular weight is 319 g/mol. The molecule has 0 spiro atoms. The highest BCUT2D eigenvalue weighted by Gasteiger charge is 2.26. The summed E-state index contributed by atoms with van der Waals surface area (Å²) in [5.74, 6) is 0.524. The van der Waals surface area contributed by atoms with Gasteiger partial charge in [-0.15, -0.1) is 0 Å². The molecule has 1 saturated heterocycles. The number of likely N-dealkylation sites (tertiary alicyclic amines) is 1. The Labute approximate surface area is 134 Å². The van der Waals surface area contributed by atoms with Gasteiger partial charge in [-0.2, -0.15) is 5.10 Å². The fourth-order valence-electron chi connectivity index (χ4n) is 2.86. The van der Waals surface area contributed by atoms with Crippen molar-refractivity contribution in [3.8, 4) is 11.3 Å². The molecular formula is C16H19ClN4O. The number of aromatic amines is 1. The number of aromatic nitrogens is 2. The minimum atomic E-state index is -0.000795. The summed E-state index contributed by atoms with van der Waals surface area (Å²) >= 11 is 6.23. The third-order valence-corrected chi connectivity index (χ3v) is 4.58. The lowest BCUT2D eigenvalue weighted by molar-refractivity contribution is 0.0694.